The number of morpholine rings is 1. The summed E-state index contributed by atoms with van der Waals surface area (Å²) in [5.74, 6) is -0.938. The van der Waals surface area contributed by atoms with Crippen LogP contribution in [0.1, 0.15) is 54.0 Å². The van der Waals surface area contributed by atoms with Gasteiger partial charge >= 0.3 is 12.4 Å². The van der Waals surface area contributed by atoms with Crippen molar-refractivity contribution in [3.63, 3.8) is 0 Å². The third-order valence-electron chi connectivity index (χ3n) is 7.59. The number of rotatable bonds is 7. The van der Waals surface area contributed by atoms with Crippen LogP contribution in [0.3, 0.4) is 0 Å². The van der Waals surface area contributed by atoms with E-state index in [1.54, 1.807) is 24.1 Å². The molecule has 1 aliphatic heterocycles. The second kappa shape index (κ2) is 12.0. The quantitative estimate of drug-likeness (QED) is 0.377. The molecular weight excluding hydrogens is 545 g/mol. The van der Waals surface area contributed by atoms with Crippen LogP contribution in [-0.4, -0.2) is 67.7 Å². The molecule has 5 nitrogen and oxygen atoms in total. The van der Waals surface area contributed by atoms with Gasteiger partial charge in [-0.25, -0.2) is 4.39 Å². The predicted octanol–water partition coefficient (Wildman–Crippen LogP) is 6.05. The molecule has 0 radical (unpaired) electrons. The minimum Gasteiger partial charge on any atom is -0.378 e. The maximum absolute atomic E-state index is 13.7. The van der Waals surface area contributed by atoms with Crippen LogP contribution in [0.15, 0.2) is 42.5 Å². The first-order valence-electron chi connectivity index (χ1n) is 13.0. The SMILES string of the molecule is C[C@@H](OC1CCC(N(C)CC(=O)N2CCOCC2)C1c1ccc(F)cc1)c1cc(C(F)(F)F)cc(C(F)(F)F)c1. The van der Waals surface area contributed by atoms with E-state index in [2.05, 4.69) is 0 Å². The number of nitrogens with zero attached hydrogens (tertiary/aromatic N) is 2. The van der Waals surface area contributed by atoms with Crippen LogP contribution >= 0.6 is 0 Å². The molecule has 2 fully saturated rings. The van der Waals surface area contributed by atoms with Crippen molar-refractivity contribution in [2.45, 2.75) is 56.3 Å². The summed E-state index contributed by atoms with van der Waals surface area (Å²) in [5, 5.41) is 0. The fourth-order valence-electron chi connectivity index (χ4n) is 5.51. The summed E-state index contributed by atoms with van der Waals surface area (Å²) in [5.41, 5.74) is -2.37. The second-order valence-corrected chi connectivity index (χ2v) is 10.3. The van der Waals surface area contributed by atoms with Crippen molar-refractivity contribution in [2.24, 2.45) is 0 Å². The summed E-state index contributed by atoms with van der Waals surface area (Å²) >= 11 is 0. The van der Waals surface area contributed by atoms with Crippen molar-refractivity contribution in [1.82, 2.24) is 9.80 Å². The molecule has 0 aromatic heterocycles. The summed E-state index contributed by atoms with van der Waals surface area (Å²) in [6, 6.07) is 6.94. The van der Waals surface area contributed by atoms with Crippen molar-refractivity contribution in [3.8, 4) is 0 Å². The van der Waals surface area contributed by atoms with Gasteiger partial charge in [-0.1, -0.05) is 12.1 Å². The smallest absolute Gasteiger partial charge is 0.378 e. The molecule has 1 saturated carbocycles. The Bertz CT molecular complexity index is 1130. The normalized spacial score (nSPS) is 23.1. The Balaban J connectivity index is 1.58. The Kier molecular flexibility index (Phi) is 9.11. The van der Waals surface area contributed by atoms with Gasteiger partial charge in [-0.15, -0.1) is 0 Å². The molecule has 1 amide bonds. The summed E-state index contributed by atoms with van der Waals surface area (Å²) in [7, 11) is 1.79. The van der Waals surface area contributed by atoms with Crippen LogP contribution in [0, 0.1) is 5.82 Å². The first-order valence-corrected chi connectivity index (χ1v) is 13.0. The zero-order valence-corrected chi connectivity index (χ0v) is 22.1. The molecule has 0 bridgehead atoms. The molecule has 0 spiro atoms. The second-order valence-electron chi connectivity index (χ2n) is 10.3. The zero-order chi connectivity index (χ0) is 29.2. The molecule has 0 N–H and O–H groups in total. The minimum absolute atomic E-state index is 0.0787. The standard InChI is InChI=1S/C28H31F7N2O3/c1-17(19-13-20(27(30,31)32)15-21(14-19)28(33,34)35)40-24-8-7-23(26(24)18-3-5-22(29)6-4-18)36(2)16-25(38)37-9-11-39-12-10-37/h3-6,13-15,17,23-24,26H,7-12,16H2,1-2H3/t17-,23?,24?,26?/m1/s1. The van der Waals surface area contributed by atoms with Gasteiger partial charge in [0.25, 0.3) is 0 Å². The fourth-order valence-corrected chi connectivity index (χ4v) is 5.51. The topological polar surface area (TPSA) is 42.0 Å². The molecule has 1 aliphatic carbocycles. The molecule has 3 unspecified atom stereocenters. The van der Waals surface area contributed by atoms with E-state index >= 15 is 0 Å². The Labute approximate surface area is 227 Å². The van der Waals surface area contributed by atoms with E-state index in [9.17, 15) is 35.5 Å². The molecular formula is C28H31F7N2O3. The van der Waals surface area contributed by atoms with Crippen LogP contribution in [-0.2, 0) is 26.6 Å². The number of hydrogen-bond donors (Lipinski definition) is 0. The first-order chi connectivity index (χ1) is 18.7. The van der Waals surface area contributed by atoms with Crippen molar-refractivity contribution in [3.05, 3.63) is 70.5 Å². The highest BCUT2D eigenvalue weighted by atomic mass is 19.4. The van der Waals surface area contributed by atoms with Crippen LogP contribution in [0.2, 0.25) is 0 Å². The van der Waals surface area contributed by atoms with Gasteiger partial charge in [0.05, 0.1) is 43.1 Å². The summed E-state index contributed by atoms with van der Waals surface area (Å²) in [4.78, 5) is 16.5. The highest BCUT2D eigenvalue weighted by Gasteiger charge is 2.42. The Morgan fingerprint density at radius 2 is 1.57 bits per heavy atom. The van der Waals surface area contributed by atoms with Crippen LogP contribution in [0.5, 0.6) is 0 Å². The molecule has 1 saturated heterocycles. The van der Waals surface area contributed by atoms with Crippen LogP contribution < -0.4 is 0 Å². The lowest BCUT2D eigenvalue weighted by Gasteiger charge is -2.35. The summed E-state index contributed by atoms with van der Waals surface area (Å²) in [6.45, 7) is 3.40. The first kappa shape index (κ1) is 30.3. The number of ether oxygens (including phenoxy) is 2. The third-order valence-corrected chi connectivity index (χ3v) is 7.59. The van der Waals surface area contributed by atoms with Crippen LogP contribution in [0.4, 0.5) is 30.7 Å². The van der Waals surface area contributed by atoms with Crippen molar-refractivity contribution >= 4 is 5.91 Å². The zero-order valence-electron chi connectivity index (χ0n) is 22.1. The Hall–Kier alpha value is -2.70. The molecule has 2 aromatic carbocycles. The van der Waals surface area contributed by atoms with E-state index in [1.165, 1.54) is 19.1 Å². The molecule has 2 aliphatic rings. The summed E-state index contributed by atoms with van der Waals surface area (Å²) < 4.78 is 106. The Morgan fingerprint density at radius 3 is 2.12 bits per heavy atom. The largest absolute Gasteiger partial charge is 0.416 e. The minimum atomic E-state index is -4.97. The molecule has 4 rings (SSSR count). The van der Waals surface area contributed by atoms with Gasteiger partial charge in [0.15, 0.2) is 0 Å². The maximum Gasteiger partial charge on any atom is 0.416 e. The van der Waals surface area contributed by atoms with Gasteiger partial charge < -0.3 is 14.4 Å². The number of carbonyl (C=O) groups is 1. The van der Waals surface area contributed by atoms with E-state index in [1.807, 2.05) is 4.90 Å². The van der Waals surface area contributed by atoms with Gasteiger partial charge in [-0.2, -0.15) is 26.3 Å². The molecule has 2 aromatic rings. The lowest BCUT2D eigenvalue weighted by Crippen LogP contribution is -2.47. The Morgan fingerprint density at radius 1 is 1.00 bits per heavy atom. The molecule has 1 heterocycles. The molecule has 4 atom stereocenters. The van der Waals surface area contributed by atoms with E-state index < -0.39 is 47.4 Å². The fraction of sp³-hybridized carbons (Fsp3) is 0.536. The van der Waals surface area contributed by atoms with Crippen LogP contribution in [0.25, 0.3) is 0 Å². The summed E-state index contributed by atoms with van der Waals surface area (Å²) in [6.07, 6.45) is -10.6. The highest BCUT2D eigenvalue weighted by Crippen LogP contribution is 2.43. The number of likely N-dealkylation sites (N-methyl/N-ethyl adjacent to an activating group) is 1. The van der Waals surface area contributed by atoms with Gasteiger partial charge in [0.1, 0.15) is 5.82 Å². The average Bonchev–Trinajstić information content (AvgIpc) is 3.31. The third kappa shape index (κ3) is 7.13. The van der Waals surface area contributed by atoms with E-state index in [4.69, 9.17) is 9.47 Å². The number of carbonyl (C=O) groups excluding carboxylic acids is 1. The lowest BCUT2D eigenvalue weighted by molar-refractivity contribution is -0.143. The van der Waals surface area contributed by atoms with Gasteiger partial charge in [-0.3, -0.25) is 9.69 Å². The van der Waals surface area contributed by atoms with Crippen molar-refractivity contribution < 1.29 is 45.0 Å². The predicted molar refractivity (Wildman–Crippen MR) is 132 cm³/mol. The number of benzene rings is 2. The van der Waals surface area contributed by atoms with E-state index in [-0.39, 0.29) is 30.1 Å². The van der Waals surface area contributed by atoms with Gasteiger partial charge in [-0.05, 0) is 68.3 Å². The molecule has 220 valence electrons. The average molecular weight is 577 g/mol. The van der Waals surface area contributed by atoms with Crippen molar-refractivity contribution in [1.29, 1.82) is 0 Å². The van der Waals surface area contributed by atoms with Gasteiger partial charge in [0.2, 0.25) is 5.91 Å². The lowest BCUT2D eigenvalue weighted by atomic mass is 9.91. The van der Waals surface area contributed by atoms with Gasteiger partial charge in [0, 0.05) is 25.0 Å². The number of alkyl halides is 6. The molecule has 12 heteroatoms. The highest BCUT2D eigenvalue weighted by molar-refractivity contribution is 5.78. The molecule has 40 heavy (non-hydrogen) atoms. The monoisotopic (exact) mass is 576 g/mol. The van der Waals surface area contributed by atoms with Crippen molar-refractivity contribution in [2.75, 3.05) is 39.9 Å². The number of halogens is 7. The number of hydrogen-bond acceptors (Lipinski definition) is 4. The van der Waals surface area contributed by atoms with E-state index in [0.29, 0.717) is 56.8 Å². The maximum atomic E-state index is 13.7. The number of amides is 1. The van der Waals surface area contributed by atoms with E-state index in [0.717, 1.165) is 0 Å².